The molecule has 1 aromatic rings. The summed E-state index contributed by atoms with van der Waals surface area (Å²) in [5.74, 6) is -4.18. The van der Waals surface area contributed by atoms with Gasteiger partial charge in [0, 0.05) is 33.4 Å². The van der Waals surface area contributed by atoms with E-state index in [4.69, 9.17) is 0 Å². The summed E-state index contributed by atoms with van der Waals surface area (Å²) in [6.45, 7) is 3.22. The first-order chi connectivity index (χ1) is 12.2. The first-order valence-electron chi connectivity index (χ1n) is 7.57. The molecule has 136 valence electrons. The van der Waals surface area contributed by atoms with Gasteiger partial charge in [0.15, 0.2) is 5.75 Å². The van der Waals surface area contributed by atoms with Crippen molar-refractivity contribution in [2.45, 2.75) is 19.8 Å². The summed E-state index contributed by atoms with van der Waals surface area (Å²) in [5.41, 5.74) is 5.08. The van der Waals surface area contributed by atoms with Crippen LogP contribution < -0.4 is 10.9 Å². The van der Waals surface area contributed by atoms with Crippen LogP contribution in [0.5, 0.6) is 5.75 Å². The first-order valence-corrected chi connectivity index (χ1v) is 8.36. The van der Waals surface area contributed by atoms with Crippen molar-refractivity contribution >= 4 is 44.9 Å². The molecule has 2 amide bonds. The third-order valence-corrected chi connectivity index (χ3v) is 4.97. The minimum Gasteiger partial charge on any atom is -0.502 e. The molecule has 26 heavy (non-hydrogen) atoms. The number of hydrazone groups is 2. The SMILES string of the molecule is CC1=NNC(=O)C1C(c1cc(Br)cc([N+](=O)[O-])c1O)C1C(=O)NN=C1C. The number of phenols is 1. The Hall–Kier alpha value is -2.82. The number of nitrogens with zero attached hydrogens (tertiary/aromatic N) is 3. The van der Waals surface area contributed by atoms with Crippen LogP contribution in [-0.4, -0.2) is 33.3 Å². The summed E-state index contributed by atoms with van der Waals surface area (Å²) >= 11 is 3.18. The van der Waals surface area contributed by atoms with E-state index in [1.54, 1.807) is 13.8 Å². The summed E-state index contributed by atoms with van der Waals surface area (Å²) in [6, 6.07) is 2.62. The second kappa shape index (κ2) is 6.48. The van der Waals surface area contributed by atoms with Gasteiger partial charge in [-0.2, -0.15) is 10.2 Å². The van der Waals surface area contributed by atoms with E-state index >= 15 is 0 Å². The van der Waals surface area contributed by atoms with Crippen LogP contribution in [0.3, 0.4) is 0 Å². The van der Waals surface area contributed by atoms with Crippen molar-refractivity contribution in [3.05, 3.63) is 32.3 Å². The van der Waals surface area contributed by atoms with Gasteiger partial charge >= 0.3 is 5.69 Å². The highest BCUT2D eigenvalue weighted by atomic mass is 79.9. The van der Waals surface area contributed by atoms with E-state index in [0.717, 1.165) is 6.07 Å². The molecule has 10 nitrogen and oxygen atoms in total. The molecule has 0 radical (unpaired) electrons. The highest BCUT2D eigenvalue weighted by molar-refractivity contribution is 9.10. The molecule has 3 rings (SSSR count). The molecule has 11 heteroatoms. The lowest BCUT2D eigenvalue weighted by Gasteiger charge is -2.27. The number of hydrogen-bond donors (Lipinski definition) is 3. The van der Waals surface area contributed by atoms with Crippen LogP contribution in [0, 0.1) is 22.0 Å². The number of benzene rings is 1. The average molecular weight is 424 g/mol. The number of rotatable bonds is 4. The molecule has 1 aromatic carbocycles. The Morgan fingerprint density at radius 2 is 1.65 bits per heavy atom. The number of hydrogen-bond acceptors (Lipinski definition) is 7. The summed E-state index contributed by atoms with van der Waals surface area (Å²) < 4.78 is 0.336. The Morgan fingerprint density at radius 3 is 2.04 bits per heavy atom. The van der Waals surface area contributed by atoms with Crippen molar-refractivity contribution < 1.29 is 19.6 Å². The van der Waals surface area contributed by atoms with Crippen molar-refractivity contribution in [1.29, 1.82) is 0 Å². The van der Waals surface area contributed by atoms with Crippen LogP contribution in [0.4, 0.5) is 5.69 Å². The Balaban J connectivity index is 2.24. The van der Waals surface area contributed by atoms with E-state index in [9.17, 15) is 24.8 Å². The van der Waals surface area contributed by atoms with Crippen molar-refractivity contribution in [2.75, 3.05) is 0 Å². The lowest BCUT2D eigenvalue weighted by molar-refractivity contribution is -0.386. The Kier molecular flexibility index (Phi) is 4.48. The summed E-state index contributed by atoms with van der Waals surface area (Å²) in [4.78, 5) is 35.3. The summed E-state index contributed by atoms with van der Waals surface area (Å²) in [6.07, 6.45) is 0. The lowest BCUT2D eigenvalue weighted by Crippen LogP contribution is -2.38. The second-order valence-corrected chi connectivity index (χ2v) is 6.98. The zero-order valence-electron chi connectivity index (χ0n) is 13.7. The van der Waals surface area contributed by atoms with Gasteiger partial charge in [-0.05, 0) is 19.9 Å². The number of nitro benzene ring substituents is 1. The van der Waals surface area contributed by atoms with Crippen LogP contribution in [-0.2, 0) is 9.59 Å². The highest BCUT2D eigenvalue weighted by Gasteiger charge is 2.47. The molecule has 2 aliphatic rings. The van der Waals surface area contributed by atoms with Gasteiger partial charge in [-0.1, -0.05) is 15.9 Å². The number of carbonyl (C=O) groups excluding carboxylic acids is 2. The van der Waals surface area contributed by atoms with Crippen molar-refractivity contribution in [3.63, 3.8) is 0 Å². The Morgan fingerprint density at radius 1 is 1.15 bits per heavy atom. The average Bonchev–Trinajstić information content (AvgIpc) is 3.07. The highest BCUT2D eigenvalue weighted by Crippen LogP contribution is 2.45. The molecule has 0 bridgehead atoms. The molecule has 0 saturated carbocycles. The van der Waals surface area contributed by atoms with E-state index in [2.05, 4.69) is 37.0 Å². The summed E-state index contributed by atoms with van der Waals surface area (Å²) in [5, 5.41) is 29.6. The predicted octanol–water partition coefficient (Wildman–Crippen LogP) is 1.39. The van der Waals surface area contributed by atoms with Crippen LogP contribution >= 0.6 is 15.9 Å². The van der Waals surface area contributed by atoms with E-state index in [1.807, 2.05) is 0 Å². The molecule has 3 N–H and O–H groups in total. The fraction of sp³-hybridized carbons (Fsp3) is 0.333. The fourth-order valence-electron chi connectivity index (χ4n) is 3.34. The fourth-order valence-corrected chi connectivity index (χ4v) is 3.80. The minimum absolute atomic E-state index is 0.0966. The molecule has 0 saturated heterocycles. The molecule has 2 unspecified atom stereocenters. The molecule has 2 heterocycles. The maximum Gasteiger partial charge on any atom is 0.312 e. The number of nitro groups is 1. The van der Waals surface area contributed by atoms with Gasteiger partial charge in [-0.15, -0.1) is 0 Å². The van der Waals surface area contributed by atoms with Crippen LogP contribution in [0.1, 0.15) is 25.3 Å². The maximum absolute atomic E-state index is 12.4. The number of amides is 2. The van der Waals surface area contributed by atoms with E-state index in [0.29, 0.717) is 15.9 Å². The van der Waals surface area contributed by atoms with E-state index < -0.39 is 45.9 Å². The van der Waals surface area contributed by atoms with E-state index in [-0.39, 0.29) is 5.56 Å². The van der Waals surface area contributed by atoms with E-state index in [1.165, 1.54) is 6.07 Å². The van der Waals surface area contributed by atoms with Crippen LogP contribution in [0.2, 0.25) is 0 Å². The third-order valence-electron chi connectivity index (χ3n) is 4.51. The molecule has 0 spiro atoms. The maximum atomic E-state index is 12.4. The molecule has 2 atom stereocenters. The van der Waals surface area contributed by atoms with Crippen LogP contribution in [0.15, 0.2) is 26.8 Å². The monoisotopic (exact) mass is 423 g/mol. The van der Waals surface area contributed by atoms with Gasteiger partial charge in [0.2, 0.25) is 11.8 Å². The van der Waals surface area contributed by atoms with Crippen molar-refractivity contribution in [3.8, 4) is 5.75 Å². The Labute approximate surface area is 155 Å². The number of halogens is 1. The smallest absolute Gasteiger partial charge is 0.312 e. The topological polar surface area (TPSA) is 146 Å². The molecule has 0 fully saturated rings. The zero-order chi connectivity index (χ0) is 19.2. The van der Waals surface area contributed by atoms with Crippen LogP contribution in [0.25, 0.3) is 0 Å². The molecular weight excluding hydrogens is 410 g/mol. The number of aromatic hydroxyl groups is 1. The normalized spacial score (nSPS) is 23.2. The number of nitrogens with one attached hydrogen (secondary N) is 2. The first kappa shape index (κ1) is 18.0. The van der Waals surface area contributed by atoms with Gasteiger partial charge in [0.05, 0.1) is 16.8 Å². The molecule has 0 aromatic heterocycles. The third kappa shape index (κ3) is 2.83. The summed E-state index contributed by atoms with van der Waals surface area (Å²) in [7, 11) is 0. The van der Waals surface area contributed by atoms with Gasteiger partial charge in [0.25, 0.3) is 0 Å². The number of phenolic OH excluding ortho intramolecular Hbond substituents is 1. The zero-order valence-corrected chi connectivity index (χ0v) is 15.3. The predicted molar refractivity (Wildman–Crippen MR) is 94.7 cm³/mol. The molecule has 0 aliphatic carbocycles. The van der Waals surface area contributed by atoms with Crippen molar-refractivity contribution in [1.82, 2.24) is 10.9 Å². The second-order valence-electron chi connectivity index (χ2n) is 6.06. The van der Waals surface area contributed by atoms with Crippen molar-refractivity contribution in [2.24, 2.45) is 22.0 Å². The molecular formula is C15H14BrN5O5. The lowest BCUT2D eigenvalue weighted by atomic mass is 9.72. The van der Waals surface area contributed by atoms with Gasteiger partial charge < -0.3 is 5.11 Å². The standard InChI is InChI=1S/C15H14BrN5O5/c1-5-10(14(23)19-17-5)12(11-6(2)18-20-15(11)24)8-3-7(16)4-9(13(8)22)21(25)26/h3-4,10-12,22H,1-2H3,(H,19,23)(H,20,24). The Bertz CT molecular complexity index is 859. The van der Waals surface area contributed by atoms with Gasteiger partial charge in [-0.25, -0.2) is 10.9 Å². The number of carbonyl (C=O) groups is 2. The van der Waals surface area contributed by atoms with Gasteiger partial charge in [-0.3, -0.25) is 19.7 Å². The van der Waals surface area contributed by atoms with Gasteiger partial charge in [0.1, 0.15) is 0 Å². The largest absolute Gasteiger partial charge is 0.502 e. The quantitative estimate of drug-likeness (QED) is 0.494. The molecule has 2 aliphatic heterocycles. The minimum atomic E-state index is -0.913.